The van der Waals surface area contributed by atoms with Gasteiger partial charge in [0, 0.05) is 25.2 Å². The highest BCUT2D eigenvalue weighted by atomic mass is 16.5. The fourth-order valence-electron chi connectivity index (χ4n) is 4.56. The standard InChI is InChI=1S/C23H27N5O/c1-29-21-11-5-4-9-19(21)18-8-3-2-7-17(18)15-27-13-14-28-22(16-27)25-26-23(28)20-10-6-12-24-20/h2-5,7-9,11,20,24H,6,10,12-16H2,1H3/t20-/m1/s1. The van der Waals surface area contributed by atoms with Gasteiger partial charge in [-0.3, -0.25) is 4.90 Å². The first-order chi connectivity index (χ1) is 14.3. The predicted molar refractivity (Wildman–Crippen MR) is 113 cm³/mol. The summed E-state index contributed by atoms with van der Waals surface area (Å²) in [6.45, 7) is 4.76. The molecule has 0 bridgehead atoms. The van der Waals surface area contributed by atoms with Crippen molar-refractivity contribution in [2.45, 2.75) is 38.5 Å². The number of para-hydroxylation sites is 1. The van der Waals surface area contributed by atoms with Crippen molar-refractivity contribution in [2.24, 2.45) is 0 Å². The zero-order valence-electron chi connectivity index (χ0n) is 16.8. The van der Waals surface area contributed by atoms with Gasteiger partial charge in [0.1, 0.15) is 17.4 Å². The number of aromatic nitrogens is 3. The lowest BCUT2D eigenvalue weighted by atomic mass is 9.98. The summed E-state index contributed by atoms with van der Waals surface area (Å²) in [5.74, 6) is 3.10. The molecule has 0 amide bonds. The third-order valence-electron chi connectivity index (χ3n) is 6.04. The van der Waals surface area contributed by atoms with Crippen LogP contribution in [0.4, 0.5) is 0 Å². The maximum absolute atomic E-state index is 5.60. The molecule has 0 saturated carbocycles. The number of ether oxygens (including phenoxy) is 1. The number of fused-ring (bicyclic) bond motifs is 1. The number of rotatable bonds is 5. The van der Waals surface area contributed by atoms with Crippen molar-refractivity contribution in [3.63, 3.8) is 0 Å². The van der Waals surface area contributed by atoms with E-state index in [2.05, 4.69) is 61.4 Å². The van der Waals surface area contributed by atoms with Crippen LogP contribution < -0.4 is 10.1 Å². The van der Waals surface area contributed by atoms with Crippen molar-refractivity contribution in [2.75, 3.05) is 20.2 Å². The van der Waals surface area contributed by atoms with E-state index in [-0.39, 0.29) is 0 Å². The molecule has 150 valence electrons. The van der Waals surface area contributed by atoms with Crippen LogP contribution in [0, 0.1) is 0 Å². The van der Waals surface area contributed by atoms with Crippen molar-refractivity contribution in [1.82, 2.24) is 25.0 Å². The van der Waals surface area contributed by atoms with Crippen LogP contribution >= 0.6 is 0 Å². The van der Waals surface area contributed by atoms with Gasteiger partial charge in [-0.15, -0.1) is 10.2 Å². The Kier molecular flexibility index (Phi) is 5.04. The third kappa shape index (κ3) is 3.54. The molecule has 29 heavy (non-hydrogen) atoms. The molecule has 3 heterocycles. The van der Waals surface area contributed by atoms with E-state index in [1.807, 2.05) is 12.1 Å². The molecule has 2 aromatic carbocycles. The summed E-state index contributed by atoms with van der Waals surface area (Å²) in [5, 5.41) is 12.6. The second-order valence-corrected chi connectivity index (χ2v) is 7.84. The van der Waals surface area contributed by atoms with Crippen molar-refractivity contribution >= 4 is 0 Å². The second-order valence-electron chi connectivity index (χ2n) is 7.84. The molecule has 1 saturated heterocycles. The van der Waals surface area contributed by atoms with E-state index < -0.39 is 0 Å². The lowest BCUT2D eigenvalue weighted by molar-refractivity contribution is 0.206. The van der Waals surface area contributed by atoms with Crippen LogP contribution in [0.5, 0.6) is 5.75 Å². The summed E-state index contributed by atoms with van der Waals surface area (Å²) in [4.78, 5) is 2.46. The molecule has 3 aromatic rings. The number of nitrogens with one attached hydrogen (secondary N) is 1. The van der Waals surface area contributed by atoms with Gasteiger partial charge in [-0.05, 0) is 36.6 Å². The van der Waals surface area contributed by atoms with Crippen LogP contribution in [0.1, 0.15) is 36.1 Å². The van der Waals surface area contributed by atoms with E-state index in [1.165, 1.54) is 17.5 Å². The molecular formula is C23H27N5O. The SMILES string of the molecule is COc1ccccc1-c1ccccc1CN1CCn2c(nnc2[C@H]2CCCN2)C1. The van der Waals surface area contributed by atoms with Crippen molar-refractivity contribution < 1.29 is 4.74 Å². The molecule has 1 fully saturated rings. The minimum absolute atomic E-state index is 0.370. The first-order valence-electron chi connectivity index (χ1n) is 10.4. The number of benzene rings is 2. The quantitative estimate of drug-likeness (QED) is 0.725. The van der Waals surface area contributed by atoms with Crippen LogP contribution in [-0.2, 0) is 19.6 Å². The Morgan fingerprint density at radius 2 is 1.86 bits per heavy atom. The molecule has 0 aliphatic carbocycles. The molecule has 1 aromatic heterocycles. The summed E-state index contributed by atoms with van der Waals surface area (Å²) in [6, 6.07) is 17.2. The lowest BCUT2D eigenvalue weighted by Crippen LogP contribution is -2.34. The summed E-state index contributed by atoms with van der Waals surface area (Å²) in [6.07, 6.45) is 2.38. The van der Waals surface area contributed by atoms with Gasteiger partial charge < -0.3 is 14.6 Å². The van der Waals surface area contributed by atoms with Gasteiger partial charge in [0.05, 0.1) is 19.7 Å². The average Bonchev–Trinajstić information content (AvgIpc) is 3.43. The third-order valence-corrected chi connectivity index (χ3v) is 6.04. The van der Waals surface area contributed by atoms with E-state index in [4.69, 9.17) is 4.74 Å². The van der Waals surface area contributed by atoms with Gasteiger partial charge in [-0.25, -0.2) is 0 Å². The predicted octanol–water partition coefficient (Wildman–Crippen LogP) is 3.39. The maximum atomic E-state index is 5.60. The van der Waals surface area contributed by atoms with Gasteiger partial charge >= 0.3 is 0 Å². The normalized spacial score (nSPS) is 19.3. The van der Waals surface area contributed by atoms with E-state index >= 15 is 0 Å². The van der Waals surface area contributed by atoms with E-state index in [1.54, 1.807) is 7.11 Å². The van der Waals surface area contributed by atoms with E-state index in [9.17, 15) is 0 Å². The smallest absolute Gasteiger partial charge is 0.150 e. The number of hydrogen-bond donors (Lipinski definition) is 1. The van der Waals surface area contributed by atoms with Crippen molar-refractivity contribution in [3.8, 4) is 16.9 Å². The number of nitrogens with zero attached hydrogens (tertiary/aromatic N) is 4. The van der Waals surface area contributed by atoms with Gasteiger partial charge in [-0.1, -0.05) is 42.5 Å². The summed E-state index contributed by atoms with van der Waals surface area (Å²) in [5.41, 5.74) is 3.68. The Bertz CT molecular complexity index is 992. The molecular weight excluding hydrogens is 362 g/mol. The minimum atomic E-state index is 0.370. The Morgan fingerprint density at radius 3 is 2.69 bits per heavy atom. The highest BCUT2D eigenvalue weighted by molar-refractivity contribution is 5.73. The molecule has 5 rings (SSSR count). The zero-order chi connectivity index (χ0) is 19.6. The Morgan fingerprint density at radius 1 is 1.03 bits per heavy atom. The molecule has 0 radical (unpaired) electrons. The van der Waals surface area contributed by atoms with E-state index in [0.717, 1.165) is 62.1 Å². The zero-order valence-corrected chi connectivity index (χ0v) is 16.8. The number of hydrogen-bond acceptors (Lipinski definition) is 5. The molecule has 1 atom stereocenters. The fraction of sp³-hybridized carbons (Fsp3) is 0.391. The largest absolute Gasteiger partial charge is 0.496 e. The highest BCUT2D eigenvalue weighted by Crippen LogP contribution is 2.33. The van der Waals surface area contributed by atoms with Crippen molar-refractivity contribution in [1.29, 1.82) is 0 Å². The Hall–Kier alpha value is -2.70. The van der Waals surface area contributed by atoms with Gasteiger partial charge in [-0.2, -0.15) is 0 Å². The van der Waals surface area contributed by atoms with Crippen LogP contribution in [0.2, 0.25) is 0 Å². The molecule has 2 aliphatic heterocycles. The highest BCUT2D eigenvalue weighted by Gasteiger charge is 2.27. The van der Waals surface area contributed by atoms with Crippen LogP contribution in [-0.4, -0.2) is 39.9 Å². The topological polar surface area (TPSA) is 55.2 Å². The lowest BCUT2D eigenvalue weighted by Gasteiger charge is -2.29. The maximum Gasteiger partial charge on any atom is 0.150 e. The molecule has 0 spiro atoms. The summed E-state index contributed by atoms with van der Waals surface area (Å²) < 4.78 is 7.93. The van der Waals surface area contributed by atoms with Crippen molar-refractivity contribution in [3.05, 3.63) is 65.7 Å². The van der Waals surface area contributed by atoms with E-state index in [0.29, 0.717) is 6.04 Å². The summed E-state index contributed by atoms with van der Waals surface area (Å²) >= 11 is 0. The average molecular weight is 390 g/mol. The van der Waals surface area contributed by atoms with Crippen LogP contribution in [0.25, 0.3) is 11.1 Å². The molecule has 2 aliphatic rings. The van der Waals surface area contributed by atoms with Gasteiger partial charge in [0.25, 0.3) is 0 Å². The van der Waals surface area contributed by atoms with Gasteiger partial charge in [0.15, 0.2) is 0 Å². The molecule has 6 heteroatoms. The molecule has 1 N–H and O–H groups in total. The Balaban J connectivity index is 1.37. The molecule has 0 unspecified atom stereocenters. The molecule has 6 nitrogen and oxygen atoms in total. The van der Waals surface area contributed by atoms with Crippen LogP contribution in [0.3, 0.4) is 0 Å². The first-order valence-corrected chi connectivity index (χ1v) is 10.4. The Labute approximate surface area is 171 Å². The second kappa shape index (κ2) is 7.97. The van der Waals surface area contributed by atoms with Crippen LogP contribution in [0.15, 0.2) is 48.5 Å². The first kappa shape index (κ1) is 18.3. The number of methoxy groups -OCH3 is 1. The minimum Gasteiger partial charge on any atom is -0.496 e. The fourth-order valence-corrected chi connectivity index (χ4v) is 4.56. The summed E-state index contributed by atoms with van der Waals surface area (Å²) in [7, 11) is 1.73. The monoisotopic (exact) mass is 389 g/mol. The van der Waals surface area contributed by atoms with Gasteiger partial charge in [0.2, 0.25) is 0 Å².